The van der Waals surface area contributed by atoms with Gasteiger partial charge in [-0.15, -0.1) is 11.6 Å². The first-order valence-corrected chi connectivity index (χ1v) is 7.54. The largest absolute Gasteiger partial charge is 0.302 e. The third kappa shape index (κ3) is 3.73. The average molecular weight is 266 g/mol. The second-order valence-electron chi connectivity index (χ2n) is 5.53. The molecule has 2 heteroatoms. The predicted molar refractivity (Wildman–Crippen MR) is 79.4 cm³/mol. The SMILES string of the molecule is Cc1ccc(C(Cl)CN2CCCCCC2)cc1C. The van der Waals surface area contributed by atoms with E-state index in [1.165, 1.54) is 55.5 Å². The van der Waals surface area contributed by atoms with Crippen LogP contribution in [0.3, 0.4) is 0 Å². The van der Waals surface area contributed by atoms with Gasteiger partial charge in [-0.05, 0) is 56.5 Å². The summed E-state index contributed by atoms with van der Waals surface area (Å²) in [5.74, 6) is 0. The van der Waals surface area contributed by atoms with Gasteiger partial charge in [-0.1, -0.05) is 31.0 Å². The molecule has 1 nitrogen and oxygen atoms in total. The molecule has 1 aromatic rings. The van der Waals surface area contributed by atoms with E-state index in [1.807, 2.05) is 0 Å². The Balaban J connectivity index is 1.97. The average Bonchev–Trinajstić information content (AvgIpc) is 2.61. The second-order valence-corrected chi connectivity index (χ2v) is 6.05. The van der Waals surface area contributed by atoms with E-state index in [2.05, 4.69) is 36.9 Å². The minimum atomic E-state index is 0.127. The molecule has 18 heavy (non-hydrogen) atoms. The van der Waals surface area contributed by atoms with Crippen LogP contribution in [0.1, 0.15) is 47.8 Å². The number of hydrogen-bond donors (Lipinski definition) is 0. The fourth-order valence-corrected chi connectivity index (χ4v) is 2.94. The molecule has 0 aliphatic carbocycles. The number of benzene rings is 1. The highest BCUT2D eigenvalue weighted by Crippen LogP contribution is 2.25. The van der Waals surface area contributed by atoms with E-state index in [9.17, 15) is 0 Å². The first-order valence-electron chi connectivity index (χ1n) is 7.10. The Morgan fingerprint density at radius 2 is 1.72 bits per heavy atom. The maximum atomic E-state index is 6.58. The highest BCUT2D eigenvalue weighted by Gasteiger charge is 2.15. The van der Waals surface area contributed by atoms with Gasteiger partial charge >= 0.3 is 0 Å². The molecule has 0 bridgehead atoms. The van der Waals surface area contributed by atoms with E-state index in [4.69, 9.17) is 11.6 Å². The molecule has 0 aromatic heterocycles. The van der Waals surface area contributed by atoms with Crippen LogP contribution >= 0.6 is 11.6 Å². The van der Waals surface area contributed by atoms with Gasteiger partial charge in [0, 0.05) is 6.54 Å². The lowest BCUT2D eigenvalue weighted by Gasteiger charge is -2.23. The zero-order valence-electron chi connectivity index (χ0n) is 11.6. The third-order valence-electron chi connectivity index (χ3n) is 4.01. The maximum Gasteiger partial charge on any atom is 0.0712 e. The highest BCUT2D eigenvalue weighted by atomic mass is 35.5. The summed E-state index contributed by atoms with van der Waals surface area (Å²) in [6, 6.07) is 6.60. The van der Waals surface area contributed by atoms with Crippen LogP contribution in [0.5, 0.6) is 0 Å². The number of halogens is 1. The van der Waals surface area contributed by atoms with Crippen molar-refractivity contribution in [3.63, 3.8) is 0 Å². The Morgan fingerprint density at radius 1 is 1.06 bits per heavy atom. The molecule has 100 valence electrons. The Labute approximate surface area is 116 Å². The van der Waals surface area contributed by atoms with E-state index in [0.717, 1.165) is 6.54 Å². The fourth-order valence-electron chi connectivity index (χ4n) is 2.61. The summed E-state index contributed by atoms with van der Waals surface area (Å²) < 4.78 is 0. The molecule has 1 heterocycles. The van der Waals surface area contributed by atoms with Crippen LogP contribution in [0.15, 0.2) is 18.2 Å². The van der Waals surface area contributed by atoms with Gasteiger partial charge in [0.1, 0.15) is 0 Å². The molecule has 1 fully saturated rings. The minimum absolute atomic E-state index is 0.127. The van der Waals surface area contributed by atoms with Crippen LogP contribution < -0.4 is 0 Å². The van der Waals surface area contributed by atoms with Gasteiger partial charge in [-0.25, -0.2) is 0 Å². The number of hydrogen-bond acceptors (Lipinski definition) is 1. The van der Waals surface area contributed by atoms with Gasteiger partial charge in [0.2, 0.25) is 0 Å². The van der Waals surface area contributed by atoms with E-state index >= 15 is 0 Å². The van der Waals surface area contributed by atoms with Gasteiger partial charge in [0.15, 0.2) is 0 Å². The fraction of sp³-hybridized carbons (Fsp3) is 0.625. The molecule has 1 aliphatic heterocycles. The summed E-state index contributed by atoms with van der Waals surface area (Å²) in [6.07, 6.45) is 5.42. The van der Waals surface area contributed by atoms with E-state index in [0.29, 0.717) is 0 Å². The lowest BCUT2D eigenvalue weighted by Crippen LogP contribution is -2.28. The molecule has 1 aliphatic rings. The van der Waals surface area contributed by atoms with Gasteiger partial charge in [0.25, 0.3) is 0 Å². The van der Waals surface area contributed by atoms with Crippen LogP contribution in [0.2, 0.25) is 0 Å². The van der Waals surface area contributed by atoms with Crippen LogP contribution in [0, 0.1) is 13.8 Å². The zero-order valence-corrected chi connectivity index (χ0v) is 12.3. The predicted octanol–water partition coefficient (Wildman–Crippen LogP) is 4.46. The Hall–Kier alpha value is -0.530. The lowest BCUT2D eigenvalue weighted by molar-refractivity contribution is 0.285. The van der Waals surface area contributed by atoms with Gasteiger partial charge in [-0.2, -0.15) is 0 Å². The number of alkyl halides is 1. The molecule has 1 saturated heterocycles. The van der Waals surface area contributed by atoms with Gasteiger partial charge in [-0.3, -0.25) is 0 Å². The molecule has 1 atom stereocenters. The van der Waals surface area contributed by atoms with Crippen molar-refractivity contribution in [3.05, 3.63) is 34.9 Å². The maximum absolute atomic E-state index is 6.58. The van der Waals surface area contributed by atoms with Crippen molar-refractivity contribution >= 4 is 11.6 Å². The van der Waals surface area contributed by atoms with Crippen molar-refractivity contribution in [1.29, 1.82) is 0 Å². The van der Waals surface area contributed by atoms with Gasteiger partial charge < -0.3 is 4.90 Å². The number of aryl methyl sites for hydroxylation is 2. The molecule has 0 spiro atoms. The second kappa shape index (κ2) is 6.58. The topological polar surface area (TPSA) is 3.24 Å². The van der Waals surface area contributed by atoms with E-state index < -0.39 is 0 Å². The Morgan fingerprint density at radius 3 is 2.33 bits per heavy atom. The minimum Gasteiger partial charge on any atom is -0.302 e. The van der Waals surface area contributed by atoms with Crippen LogP contribution in [-0.2, 0) is 0 Å². The van der Waals surface area contributed by atoms with Crippen molar-refractivity contribution in [2.24, 2.45) is 0 Å². The van der Waals surface area contributed by atoms with Crippen molar-refractivity contribution in [2.45, 2.75) is 44.9 Å². The van der Waals surface area contributed by atoms with Crippen LogP contribution in [0.25, 0.3) is 0 Å². The molecule has 2 rings (SSSR count). The number of likely N-dealkylation sites (tertiary alicyclic amines) is 1. The summed E-state index contributed by atoms with van der Waals surface area (Å²) in [5.41, 5.74) is 3.95. The third-order valence-corrected chi connectivity index (χ3v) is 4.40. The normalized spacial score (nSPS) is 19.5. The summed E-state index contributed by atoms with van der Waals surface area (Å²) >= 11 is 6.58. The van der Waals surface area contributed by atoms with Crippen molar-refractivity contribution in [1.82, 2.24) is 4.90 Å². The van der Waals surface area contributed by atoms with Crippen molar-refractivity contribution in [3.8, 4) is 0 Å². The van der Waals surface area contributed by atoms with Crippen LogP contribution in [0.4, 0.5) is 0 Å². The highest BCUT2D eigenvalue weighted by molar-refractivity contribution is 6.21. The first-order chi connectivity index (χ1) is 8.66. The molecule has 0 saturated carbocycles. The number of rotatable bonds is 3. The Kier molecular flexibility index (Phi) is 5.08. The Bertz CT molecular complexity index is 381. The van der Waals surface area contributed by atoms with E-state index in [-0.39, 0.29) is 5.38 Å². The molecule has 1 aromatic carbocycles. The van der Waals surface area contributed by atoms with Crippen LogP contribution in [-0.4, -0.2) is 24.5 Å². The summed E-state index contributed by atoms with van der Waals surface area (Å²) in [5, 5.41) is 0.127. The summed E-state index contributed by atoms with van der Waals surface area (Å²) in [4.78, 5) is 2.53. The quantitative estimate of drug-likeness (QED) is 0.730. The monoisotopic (exact) mass is 265 g/mol. The molecular weight excluding hydrogens is 242 g/mol. The van der Waals surface area contributed by atoms with Crippen molar-refractivity contribution in [2.75, 3.05) is 19.6 Å². The zero-order chi connectivity index (χ0) is 13.0. The lowest BCUT2D eigenvalue weighted by atomic mass is 10.0. The first kappa shape index (κ1) is 13.9. The van der Waals surface area contributed by atoms with Crippen molar-refractivity contribution < 1.29 is 0 Å². The molecule has 0 N–H and O–H groups in total. The smallest absolute Gasteiger partial charge is 0.0712 e. The number of nitrogens with zero attached hydrogens (tertiary/aromatic N) is 1. The standard InChI is InChI=1S/C16H24ClN/c1-13-7-8-15(11-14(13)2)16(17)12-18-9-5-3-4-6-10-18/h7-8,11,16H,3-6,9-10,12H2,1-2H3. The summed E-state index contributed by atoms with van der Waals surface area (Å²) in [6.45, 7) is 7.73. The summed E-state index contributed by atoms with van der Waals surface area (Å²) in [7, 11) is 0. The van der Waals surface area contributed by atoms with Gasteiger partial charge in [0.05, 0.1) is 5.38 Å². The molecule has 1 unspecified atom stereocenters. The molecule has 0 radical (unpaired) electrons. The molecular formula is C16H24ClN. The van der Waals surface area contributed by atoms with E-state index in [1.54, 1.807) is 0 Å². The molecule has 0 amide bonds.